The Kier molecular flexibility index (Phi) is 6.68. The molecule has 0 N–H and O–H groups in total. The van der Waals surface area contributed by atoms with E-state index >= 15 is 0 Å². The van der Waals surface area contributed by atoms with Crippen LogP contribution in [0, 0.1) is 5.92 Å². The molecule has 0 aromatic rings. The van der Waals surface area contributed by atoms with E-state index in [4.69, 9.17) is 4.74 Å². The lowest BCUT2D eigenvalue weighted by molar-refractivity contribution is -0.140. The smallest absolute Gasteiger partial charge is 0.334 e. The third kappa shape index (κ3) is 5.20. The van der Waals surface area contributed by atoms with Crippen LogP contribution in [-0.2, 0) is 9.53 Å². The predicted octanol–water partition coefficient (Wildman–Crippen LogP) is 4.02. The summed E-state index contributed by atoms with van der Waals surface area (Å²) in [5.41, 5.74) is 0.817. The van der Waals surface area contributed by atoms with Gasteiger partial charge in [0.25, 0.3) is 0 Å². The van der Waals surface area contributed by atoms with Gasteiger partial charge in [-0.1, -0.05) is 51.3 Å². The van der Waals surface area contributed by atoms with E-state index in [1.165, 1.54) is 19.3 Å². The highest BCUT2D eigenvalue weighted by Crippen LogP contribution is 2.16. The van der Waals surface area contributed by atoms with E-state index in [1.807, 2.05) is 12.2 Å². The molecule has 17 heavy (non-hydrogen) atoms. The molecule has 1 atom stereocenters. The molecule has 0 heterocycles. The van der Waals surface area contributed by atoms with Crippen molar-refractivity contribution in [1.29, 1.82) is 0 Å². The maximum Gasteiger partial charge on any atom is 0.334 e. The van der Waals surface area contributed by atoms with Gasteiger partial charge in [-0.25, -0.2) is 4.79 Å². The molecule has 2 heteroatoms. The van der Waals surface area contributed by atoms with Crippen LogP contribution in [-0.4, -0.2) is 12.6 Å². The summed E-state index contributed by atoms with van der Waals surface area (Å²) in [6, 6.07) is 0. The molecule has 0 bridgehead atoms. The second kappa shape index (κ2) is 8.10. The lowest BCUT2D eigenvalue weighted by atomic mass is 10.0. The van der Waals surface area contributed by atoms with Gasteiger partial charge >= 0.3 is 5.97 Å². The molecule has 0 saturated heterocycles. The first-order chi connectivity index (χ1) is 8.27. The number of carbonyl (C=O) groups is 1. The molecule has 1 aliphatic rings. The van der Waals surface area contributed by atoms with Crippen molar-refractivity contribution in [1.82, 2.24) is 0 Å². The second-order valence-corrected chi connectivity index (χ2v) is 4.67. The molecule has 0 amide bonds. The Morgan fingerprint density at radius 1 is 1.47 bits per heavy atom. The summed E-state index contributed by atoms with van der Waals surface area (Å²) in [4.78, 5) is 11.8. The Morgan fingerprint density at radius 2 is 2.29 bits per heavy atom. The van der Waals surface area contributed by atoms with Gasteiger partial charge < -0.3 is 4.74 Å². The van der Waals surface area contributed by atoms with Crippen molar-refractivity contribution in [3.8, 4) is 0 Å². The molecule has 1 rings (SSSR count). The van der Waals surface area contributed by atoms with E-state index < -0.39 is 0 Å². The number of rotatable bonds is 7. The van der Waals surface area contributed by atoms with Crippen molar-refractivity contribution in [3.05, 3.63) is 23.8 Å². The average molecular weight is 236 g/mol. The lowest BCUT2D eigenvalue weighted by Crippen LogP contribution is -2.15. The summed E-state index contributed by atoms with van der Waals surface area (Å²) in [6.07, 6.45) is 12.3. The molecule has 0 radical (unpaired) electrons. The molecule has 0 aliphatic heterocycles. The maximum atomic E-state index is 11.8. The largest absolute Gasteiger partial charge is 0.462 e. The number of carbonyl (C=O) groups excluding carboxylic acids is 1. The number of unbranched alkanes of at least 4 members (excludes halogenated alkanes) is 1. The van der Waals surface area contributed by atoms with E-state index in [0.29, 0.717) is 12.5 Å². The lowest BCUT2D eigenvalue weighted by Gasteiger charge is -2.15. The molecule has 0 aromatic heterocycles. The third-order valence-corrected chi connectivity index (χ3v) is 3.27. The number of ether oxygens (including phenoxy) is 1. The minimum Gasteiger partial charge on any atom is -0.462 e. The van der Waals surface area contributed by atoms with Crippen LogP contribution >= 0.6 is 0 Å². The van der Waals surface area contributed by atoms with Crippen LogP contribution in [0.2, 0.25) is 0 Å². The van der Waals surface area contributed by atoms with Crippen LogP contribution in [0.3, 0.4) is 0 Å². The molecule has 1 aliphatic carbocycles. The summed E-state index contributed by atoms with van der Waals surface area (Å²) in [5, 5.41) is 0. The molecule has 2 nitrogen and oxygen atoms in total. The molecule has 0 fully saturated rings. The van der Waals surface area contributed by atoms with Crippen molar-refractivity contribution in [2.45, 2.75) is 52.4 Å². The third-order valence-electron chi connectivity index (χ3n) is 3.27. The van der Waals surface area contributed by atoms with Gasteiger partial charge in [-0.05, 0) is 25.2 Å². The first-order valence-corrected chi connectivity index (χ1v) is 6.80. The zero-order valence-electron chi connectivity index (χ0n) is 11.1. The van der Waals surface area contributed by atoms with Crippen molar-refractivity contribution in [2.75, 3.05) is 6.61 Å². The summed E-state index contributed by atoms with van der Waals surface area (Å²) in [5.74, 6) is 0.405. The molecule has 0 aromatic carbocycles. The first kappa shape index (κ1) is 14.0. The maximum absolute atomic E-state index is 11.8. The Bertz CT molecular complexity index is 289. The molecular formula is C15H24O2. The molecule has 1 unspecified atom stereocenters. The topological polar surface area (TPSA) is 26.3 Å². The summed E-state index contributed by atoms with van der Waals surface area (Å²) in [7, 11) is 0. The monoisotopic (exact) mass is 236 g/mol. The zero-order valence-corrected chi connectivity index (χ0v) is 11.1. The van der Waals surface area contributed by atoms with Crippen molar-refractivity contribution < 1.29 is 9.53 Å². The quantitative estimate of drug-likeness (QED) is 0.624. The number of hydrogen-bond acceptors (Lipinski definition) is 2. The summed E-state index contributed by atoms with van der Waals surface area (Å²) < 4.78 is 5.39. The van der Waals surface area contributed by atoms with Gasteiger partial charge in [0.2, 0.25) is 0 Å². The van der Waals surface area contributed by atoms with Crippen molar-refractivity contribution >= 4 is 5.97 Å². The Balaban J connectivity index is 2.30. The van der Waals surface area contributed by atoms with Gasteiger partial charge in [-0.15, -0.1) is 0 Å². The zero-order chi connectivity index (χ0) is 12.5. The average Bonchev–Trinajstić information content (AvgIpc) is 2.39. The van der Waals surface area contributed by atoms with Crippen LogP contribution < -0.4 is 0 Å². The van der Waals surface area contributed by atoms with E-state index in [1.54, 1.807) is 0 Å². The minimum absolute atomic E-state index is 0.121. The highest BCUT2D eigenvalue weighted by atomic mass is 16.5. The van der Waals surface area contributed by atoms with Gasteiger partial charge in [-0.3, -0.25) is 0 Å². The standard InChI is InChI=1S/C15H24O2/c1-3-5-9-13(4-2)12-17-15(16)14-10-7-6-8-11-14/h6-7,10,13H,3-5,8-9,11-12H2,1-2H3. The number of esters is 1. The fourth-order valence-corrected chi connectivity index (χ4v) is 1.96. The minimum atomic E-state index is -0.121. The second-order valence-electron chi connectivity index (χ2n) is 4.67. The van der Waals surface area contributed by atoms with Crippen LogP contribution in [0.1, 0.15) is 52.4 Å². The normalized spacial score (nSPS) is 16.5. The van der Waals surface area contributed by atoms with E-state index in [9.17, 15) is 4.79 Å². The van der Waals surface area contributed by atoms with Gasteiger partial charge in [0.05, 0.1) is 6.61 Å². The highest BCUT2D eigenvalue weighted by molar-refractivity contribution is 5.89. The van der Waals surface area contributed by atoms with Crippen molar-refractivity contribution in [3.63, 3.8) is 0 Å². The predicted molar refractivity (Wildman–Crippen MR) is 70.7 cm³/mol. The van der Waals surface area contributed by atoms with Gasteiger partial charge in [0, 0.05) is 5.57 Å². The Labute approximate surface area is 105 Å². The SMILES string of the molecule is CCCCC(CC)COC(=O)C1=CC=CCC1. The number of allylic oxidation sites excluding steroid dienone is 3. The summed E-state index contributed by atoms with van der Waals surface area (Å²) in [6.45, 7) is 4.94. The molecule has 96 valence electrons. The first-order valence-electron chi connectivity index (χ1n) is 6.80. The van der Waals surface area contributed by atoms with E-state index in [0.717, 1.165) is 24.8 Å². The van der Waals surface area contributed by atoms with Crippen LogP contribution in [0.4, 0.5) is 0 Å². The van der Waals surface area contributed by atoms with E-state index in [-0.39, 0.29) is 5.97 Å². The van der Waals surface area contributed by atoms with Gasteiger partial charge in [0.1, 0.15) is 0 Å². The Morgan fingerprint density at radius 3 is 2.88 bits per heavy atom. The highest BCUT2D eigenvalue weighted by Gasteiger charge is 2.14. The van der Waals surface area contributed by atoms with Crippen LogP contribution in [0.25, 0.3) is 0 Å². The molecule has 0 spiro atoms. The van der Waals surface area contributed by atoms with Crippen LogP contribution in [0.5, 0.6) is 0 Å². The molecular weight excluding hydrogens is 212 g/mol. The van der Waals surface area contributed by atoms with Crippen LogP contribution in [0.15, 0.2) is 23.8 Å². The Hall–Kier alpha value is -1.05. The number of hydrogen-bond donors (Lipinski definition) is 0. The fourth-order valence-electron chi connectivity index (χ4n) is 1.96. The fraction of sp³-hybridized carbons (Fsp3) is 0.667. The van der Waals surface area contributed by atoms with E-state index in [2.05, 4.69) is 19.9 Å². The van der Waals surface area contributed by atoms with Gasteiger partial charge in [0.15, 0.2) is 0 Å². The molecule has 0 saturated carbocycles. The van der Waals surface area contributed by atoms with Crippen molar-refractivity contribution in [2.24, 2.45) is 5.92 Å². The summed E-state index contributed by atoms with van der Waals surface area (Å²) >= 11 is 0. The van der Waals surface area contributed by atoms with Gasteiger partial charge in [-0.2, -0.15) is 0 Å².